The molecule has 2 saturated heterocycles. The lowest BCUT2D eigenvalue weighted by Gasteiger charge is -2.22. The van der Waals surface area contributed by atoms with Gasteiger partial charge in [-0.15, -0.1) is 0 Å². The van der Waals surface area contributed by atoms with E-state index < -0.39 is 15.3 Å². The lowest BCUT2D eigenvalue weighted by Crippen LogP contribution is -2.35. The van der Waals surface area contributed by atoms with E-state index in [1.807, 2.05) is 12.1 Å². The van der Waals surface area contributed by atoms with Crippen LogP contribution in [0.3, 0.4) is 0 Å². The van der Waals surface area contributed by atoms with Gasteiger partial charge >= 0.3 is 0 Å². The number of rotatable bonds is 3. The van der Waals surface area contributed by atoms with Gasteiger partial charge in [0.15, 0.2) is 0 Å². The van der Waals surface area contributed by atoms with E-state index in [1.54, 1.807) is 45.7 Å². The number of hydrogen-bond acceptors (Lipinski definition) is 4. The maximum atomic E-state index is 13.1. The summed E-state index contributed by atoms with van der Waals surface area (Å²) in [5.41, 5.74) is 1.29. The molecule has 148 valence electrons. The van der Waals surface area contributed by atoms with E-state index >= 15 is 0 Å². The molecule has 8 heteroatoms. The number of likely N-dealkylation sites (tertiary alicyclic amines) is 1. The summed E-state index contributed by atoms with van der Waals surface area (Å²) in [6, 6.07) is 12.6. The van der Waals surface area contributed by atoms with E-state index in [1.165, 1.54) is 0 Å². The van der Waals surface area contributed by atoms with Gasteiger partial charge in [0.2, 0.25) is 10.0 Å². The quantitative estimate of drug-likeness (QED) is 0.767. The van der Waals surface area contributed by atoms with Crippen molar-refractivity contribution in [3.05, 3.63) is 64.9 Å². The lowest BCUT2D eigenvalue weighted by atomic mass is 10.0. The van der Waals surface area contributed by atoms with Crippen LogP contribution in [0, 0.1) is 5.92 Å². The largest absolute Gasteiger partial charge is 0.337 e. The second-order valence-electron chi connectivity index (χ2n) is 7.35. The molecule has 2 aliphatic rings. The molecule has 4 rings (SSSR count). The third-order valence-corrected chi connectivity index (χ3v) is 8.20. The first kappa shape index (κ1) is 19.4. The number of aromatic nitrogens is 1. The molecule has 2 atom stereocenters. The molecule has 0 unspecified atom stereocenters. The number of hydrogen-bond donors (Lipinski definition) is 0. The highest BCUT2D eigenvalue weighted by Crippen LogP contribution is 2.35. The van der Waals surface area contributed by atoms with Crippen LogP contribution in [0.15, 0.2) is 48.7 Å². The summed E-state index contributed by atoms with van der Waals surface area (Å²) < 4.78 is 27.8. The smallest absolute Gasteiger partial charge is 0.272 e. The van der Waals surface area contributed by atoms with E-state index in [4.69, 9.17) is 11.6 Å². The summed E-state index contributed by atoms with van der Waals surface area (Å²) in [7, 11) is -3.40. The Balaban J connectivity index is 1.46. The number of halogens is 1. The van der Waals surface area contributed by atoms with Crippen LogP contribution in [0.5, 0.6) is 0 Å². The molecule has 0 spiro atoms. The standard InChI is InChI=1S/C20H22ClN3O3S/c21-17-5-3-4-15(12-17)13-24-14-16-7-10-23(11-8-19(16)28(24,26)27)20(25)18-6-1-2-9-22-18/h1-6,9,12,16,19H,7-8,10-11,13-14H2/t16-,19-/m1/s1. The molecule has 0 radical (unpaired) electrons. The molecule has 0 bridgehead atoms. The molecule has 28 heavy (non-hydrogen) atoms. The van der Waals surface area contributed by atoms with Gasteiger partial charge in [0.05, 0.1) is 5.25 Å². The van der Waals surface area contributed by atoms with E-state index in [-0.39, 0.29) is 11.8 Å². The topological polar surface area (TPSA) is 70.6 Å². The minimum atomic E-state index is -3.40. The van der Waals surface area contributed by atoms with Crippen molar-refractivity contribution in [3.63, 3.8) is 0 Å². The zero-order valence-corrected chi connectivity index (χ0v) is 16.9. The molecule has 1 aromatic heterocycles. The van der Waals surface area contributed by atoms with Crippen LogP contribution in [0.25, 0.3) is 0 Å². The van der Waals surface area contributed by atoms with Gasteiger partial charge in [-0.3, -0.25) is 9.78 Å². The minimum absolute atomic E-state index is 0.0331. The molecule has 3 heterocycles. The fraction of sp³-hybridized carbons (Fsp3) is 0.400. The molecule has 2 fully saturated rings. The number of carbonyl (C=O) groups excluding carboxylic acids is 1. The number of benzene rings is 1. The van der Waals surface area contributed by atoms with Crippen molar-refractivity contribution >= 4 is 27.5 Å². The Kier molecular flexibility index (Phi) is 5.40. The average Bonchev–Trinajstić information content (AvgIpc) is 2.83. The monoisotopic (exact) mass is 419 g/mol. The molecule has 2 aromatic rings. The van der Waals surface area contributed by atoms with Crippen molar-refractivity contribution in [3.8, 4) is 0 Å². The minimum Gasteiger partial charge on any atom is -0.337 e. The number of amides is 1. The Morgan fingerprint density at radius 2 is 1.96 bits per heavy atom. The van der Waals surface area contributed by atoms with Crippen molar-refractivity contribution < 1.29 is 13.2 Å². The molecule has 1 amide bonds. The van der Waals surface area contributed by atoms with Gasteiger partial charge in [-0.1, -0.05) is 29.8 Å². The van der Waals surface area contributed by atoms with Gasteiger partial charge in [-0.25, -0.2) is 8.42 Å². The summed E-state index contributed by atoms with van der Waals surface area (Å²) in [5.74, 6) is -0.0977. The highest BCUT2D eigenvalue weighted by atomic mass is 35.5. The zero-order valence-electron chi connectivity index (χ0n) is 15.4. The van der Waals surface area contributed by atoms with Crippen LogP contribution in [0.4, 0.5) is 0 Å². The fourth-order valence-corrected chi connectivity index (χ4v) is 6.58. The van der Waals surface area contributed by atoms with Gasteiger partial charge in [0.1, 0.15) is 5.69 Å². The van der Waals surface area contributed by atoms with Crippen LogP contribution in [-0.4, -0.2) is 53.4 Å². The summed E-state index contributed by atoms with van der Waals surface area (Å²) in [6.07, 6.45) is 2.73. The number of carbonyl (C=O) groups is 1. The first-order chi connectivity index (χ1) is 13.4. The number of fused-ring (bicyclic) bond motifs is 1. The Hall–Kier alpha value is -1.96. The number of nitrogens with zero attached hydrogens (tertiary/aromatic N) is 3. The summed E-state index contributed by atoms with van der Waals surface area (Å²) >= 11 is 6.03. The Morgan fingerprint density at radius 1 is 1.14 bits per heavy atom. The number of pyridine rings is 1. The third-order valence-electron chi connectivity index (χ3n) is 5.58. The Morgan fingerprint density at radius 3 is 2.71 bits per heavy atom. The maximum absolute atomic E-state index is 13.1. The Bertz CT molecular complexity index is 968. The molecule has 0 saturated carbocycles. The van der Waals surface area contributed by atoms with Crippen LogP contribution < -0.4 is 0 Å². The van der Waals surface area contributed by atoms with Gasteiger partial charge in [0, 0.05) is 37.4 Å². The fourth-order valence-electron chi connectivity index (χ4n) is 4.14. The van der Waals surface area contributed by atoms with Crippen LogP contribution >= 0.6 is 11.6 Å². The predicted molar refractivity (Wildman–Crippen MR) is 107 cm³/mol. The molecule has 1 aromatic carbocycles. The van der Waals surface area contributed by atoms with Crippen molar-refractivity contribution in [1.82, 2.24) is 14.2 Å². The lowest BCUT2D eigenvalue weighted by molar-refractivity contribution is 0.0753. The van der Waals surface area contributed by atoms with Crippen molar-refractivity contribution in [1.29, 1.82) is 0 Å². The Labute approximate surface area is 170 Å². The second kappa shape index (κ2) is 7.81. The second-order valence-corrected chi connectivity index (χ2v) is 9.94. The van der Waals surface area contributed by atoms with Gasteiger partial charge in [0.25, 0.3) is 5.91 Å². The van der Waals surface area contributed by atoms with Gasteiger partial charge in [-0.05, 0) is 48.6 Å². The zero-order chi connectivity index (χ0) is 19.7. The molecular weight excluding hydrogens is 398 g/mol. The van der Waals surface area contributed by atoms with Gasteiger partial charge in [-0.2, -0.15) is 4.31 Å². The number of sulfonamides is 1. The molecule has 6 nitrogen and oxygen atoms in total. The highest BCUT2D eigenvalue weighted by molar-refractivity contribution is 7.90. The highest BCUT2D eigenvalue weighted by Gasteiger charge is 2.47. The SMILES string of the molecule is O=C(c1ccccn1)N1CC[C@@H]2CN(Cc3cccc(Cl)c3)S(=O)(=O)[C@@H]2CC1. The molecular formula is C20H22ClN3O3S. The van der Waals surface area contributed by atoms with E-state index in [0.29, 0.717) is 49.7 Å². The molecule has 0 aliphatic carbocycles. The van der Waals surface area contributed by atoms with Crippen molar-refractivity contribution in [2.45, 2.75) is 24.6 Å². The van der Waals surface area contributed by atoms with E-state index in [9.17, 15) is 13.2 Å². The summed E-state index contributed by atoms with van der Waals surface area (Å²) in [4.78, 5) is 18.5. The van der Waals surface area contributed by atoms with E-state index in [0.717, 1.165) is 5.56 Å². The average molecular weight is 420 g/mol. The predicted octanol–water partition coefficient (Wildman–Crippen LogP) is 2.80. The van der Waals surface area contributed by atoms with Crippen LogP contribution in [0.1, 0.15) is 28.9 Å². The first-order valence-electron chi connectivity index (χ1n) is 9.39. The van der Waals surface area contributed by atoms with Crippen molar-refractivity contribution in [2.24, 2.45) is 5.92 Å². The first-order valence-corrected chi connectivity index (χ1v) is 11.3. The van der Waals surface area contributed by atoms with Gasteiger partial charge < -0.3 is 4.90 Å². The van der Waals surface area contributed by atoms with Crippen LogP contribution in [-0.2, 0) is 16.6 Å². The van der Waals surface area contributed by atoms with Crippen LogP contribution in [0.2, 0.25) is 5.02 Å². The summed E-state index contributed by atoms with van der Waals surface area (Å²) in [5, 5.41) is 0.167. The summed E-state index contributed by atoms with van der Waals surface area (Å²) in [6.45, 7) is 1.81. The third kappa shape index (κ3) is 3.79. The normalized spacial score (nSPS) is 24.5. The maximum Gasteiger partial charge on any atom is 0.272 e. The molecule has 0 N–H and O–H groups in total. The van der Waals surface area contributed by atoms with Crippen molar-refractivity contribution in [2.75, 3.05) is 19.6 Å². The van der Waals surface area contributed by atoms with E-state index in [2.05, 4.69) is 4.98 Å². The molecule has 2 aliphatic heterocycles.